The Morgan fingerprint density at radius 1 is 1.11 bits per heavy atom. The molecule has 0 saturated carbocycles. The molecule has 1 N–H and O–H groups in total. The number of rotatable bonds is 4. The number of ether oxygens (including phenoxy) is 1. The minimum absolute atomic E-state index is 0.0546. The summed E-state index contributed by atoms with van der Waals surface area (Å²) in [5.41, 5.74) is 1.41. The van der Waals surface area contributed by atoms with E-state index in [0.29, 0.717) is 21.4 Å². The van der Waals surface area contributed by atoms with E-state index < -0.39 is 11.5 Å². The van der Waals surface area contributed by atoms with Gasteiger partial charge in [0, 0.05) is 5.02 Å². The molecule has 0 saturated heterocycles. The number of aromatic nitrogens is 2. The largest absolute Gasteiger partial charge is 0.494 e. The van der Waals surface area contributed by atoms with Crippen molar-refractivity contribution in [3.63, 3.8) is 0 Å². The van der Waals surface area contributed by atoms with Gasteiger partial charge < -0.3 is 10.1 Å². The fourth-order valence-corrected chi connectivity index (χ4v) is 2.74. The Balaban J connectivity index is 2.04. The van der Waals surface area contributed by atoms with Gasteiger partial charge in [0.05, 0.1) is 29.6 Å². The van der Waals surface area contributed by atoms with Gasteiger partial charge in [-0.15, -0.1) is 0 Å². The van der Waals surface area contributed by atoms with E-state index in [4.69, 9.17) is 27.9 Å². The summed E-state index contributed by atoms with van der Waals surface area (Å²) in [7, 11) is 1.36. The number of hydrogen-bond donors (Lipinski definition) is 1. The second kappa shape index (κ2) is 7.82. The maximum absolute atomic E-state index is 12.7. The lowest BCUT2D eigenvalue weighted by atomic mass is 10.2. The molecule has 0 bridgehead atoms. The zero-order valence-electron chi connectivity index (χ0n) is 14.5. The van der Waals surface area contributed by atoms with Gasteiger partial charge in [-0.25, -0.2) is 0 Å². The zero-order valence-corrected chi connectivity index (χ0v) is 16.0. The molecule has 8 heteroatoms. The fraction of sp³-hybridized carbons (Fsp3) is 0.105. The first-order valence-electron chi connectivity index (χ1n) is 7.91. The van der Waals surface area contributed by atoms with Gasteiger partial charge in [0.1, 0.15) is 0 Å². The number of aryl methyl sites for hydroxylation is 1. The number of anilines is 1. The molecule has 0 unspecified atom stereocenters. The highest BCUT2D eigenvalue weighted by Gasteiger charge is 2.19. The van der Waals surface area contributed by atoms with Gasteiger partial charge in [-0.05, 0) is 37.3 Å². The van der Waals surface area contributed by atoms with Crippen LogP contribution in [0, 0.1) is 6.92 Å². The summed E-state index contributed by atoms with van der Waals surface area (Å²) in [6.45, 7) is 1.93. The van der Waals surface area contributed by atoms with E-state index in [-0.39, 0.29) is 11.4 Å². The van der Waals surface area contributed by atoms with Crippen LogP contribution >= 0.6 is 23.2 Å². The molecule has 1 amide bonds. The average Bonchev–Trinajstić information content (AvgIpc) is 2.65. The monoisotopic (exact) mass is 403 g/mol. The number of halogens is 2. The molecule has 0 spiro atoms. The van der Waals surface area contributed by atoms with Gasteiger partial charge in [0.2, 0.25) is 0 Å². The predicted octanol–water partition coefficient (Wildman–Crippen LogP) is 4.11. The van der Waals surface area contributed by atoms with Crippen molar-refractivity contribution in [2.75, 3.05) is 12.4 Å². The molecule has 0 aliphatic rings. The van der Waals surface area contributed by atoms with Gasteiger partial charge in [0.15, 0.2) is 11.4 Å². The van der Waals surface area contributed by atoms with Gasteiger partial charge in [-0.2, -0.15) is 9.78 Å². The maximum atomic E-state index is 12.7. The number of amides is 1. The molecular weight excluding hydrogens is 389 g/mol. The Hall–Kier alpha value is -2.83. The lowest BCUT2D eigenvalue weighted by molar-refractivity contribution is 0.101. The second-order valence-corrected chi connectivity index (χ2v) is 6.57. The van der Waals surface area contributed by atoms with Crippen LogP contribution in [0.15, 0.2) is 53.3 Å². The maximum Gasteiger partial charge on any atom is 0.280 e. The second-order valence-electron chi connectivity index (χ2n) is 5.73. The summed E-state index contributed by atoms with van der Waals surface area (Å²) in [4.78, 5) is 25.1. The predicted molar refractivity (Wildman–Crippen MR) is 106 cm³/mol. The molecule has 1 aromatic heterocycles. The van der Waals surface area contributed by atoms with Crippen LogP contribution in [-0.2, 0) is 0 Å². The number of hydrogen-bond acceptors (Lipinski definition) is 4. The van der Waals surface area contributed by atoms with E-state index in [9.17, 15) is 9.59 Å². The van der Waals surface area contributed by atoms with E-state index in [0.717, 1.165) is 10.2 Å². The molecule has 3 aromatic rings. The lowest BCUT2D eigenvalue weighted by Crippen LogP contribution is -2.26. The van der Waals surface area contributed by atoms with Crippen LogP contribution in [0.2, 0.25) is 10.0 Å². The van der Waals surface area contributed by atoms with Crippen molar-refractivity contribution >= 4 is 34.8 Å². The molecule has 2 aromatic carbocycles. The van der Waals surface area contributed by atoms with E-state index in [2.05, 4.69) is 10.4 Å². The smallest absolute Gasteiger partial charge is 0.280 e. The van der Waals surface area contributed by atoms with Gasteiger partial charge in [-0.3, -0.25) is 9.59 Å². The molecule has 3 rings (SSSR count). The Kier molecular flexibility index (Phi) is 5.48. The van der Waals surface area contributed by atoms with Gasteiger partial charge >= 0.3 is 0 Å². The SMILES string of the molecule is COc1cc(=O)n(-c2ccc(C)cc2)nc1C(=O)Nc1cc(Cl)ccc1Cl. The van der Waals surface area contributed by atoms with Crippen LogP contribution in [0.4, 0.5) is 5.69 Å². The van der Waals surface area contributed by atoms with E-state index in [1.165, 1.54) is 19.2 Å². The van der Waals surface area contributed by atoms with Crippen LogP contribution < -0.4 is 15.6 Å². The Bertz CT molecular complexity index is 1060. The molecule has 138 valence electrons. The molecule has 0 aliphatic carbocycles. The molecule has 1 heterocycles. The minimum atomic E-state index is -0.586. The Labute approximate surface area is 165 Å². The van der Waals surface area contributed by atoms with Gasteiger partial charge in [0.25, 0.3) is 11.5 Å². The van der Waals surface area contributed by atoms with Crippen LogP contribution in [0.1, 0.15) is 16.1 Å². The number of nitrogens with one attached hydrogen (secondary N) is 1. The lowest BCUT2D eigenvalue weighted by Gasteiger charge is -2.12. The minimum Gasteiger partial charge on any atom is -0.494 e. The third-order valence-electron chi connectivity index (χ3n) is 3.79. The average molecular weight is 404 g/mol. The van der Waals surface area contributed by atoms with Crippen molar-refractivity contribution in [2.45, 2.75) is 6.92 Å². The van der Waals surface area contributed by atoms with Crippen molar-refractivity contribution in [1.29, 1.82) is 0 Å². The van der Waals surface area contributed by atoms with Crippen LogP contribution in [-0.4, -0.2) is 22.8 Å². The van der Waals surface area contributed by atoms with E-state index >= 15 is 0 Å². The first-order chi connectivity index (χ1) is 12.9. The summed E-state index contributed by atoms with van der Waals surface area (Å²) in [6, 6.07) is 13.1. The number of carbonyl (C=O) groups excluding carboxylic acids is 1. The highest BCUT2D eigenvalue weighted by Crippen LogP contribution is 2.26. The van der Waals surface area contributed by atoms with E-state index in [1.54, 1.807) is 24.3 Å². The third kappa shape index (κ3) is 4.13. The molecule has 27 heavy (non-hydrogen) atoms. The molecule has 0 aliphatic heterocycles. The highest BCUT2D eigenvalue weighted by atomic mass is 35.5. The molecule has 0 radical (unpaired) electrons. The zero-order chi connectivity index (χ0) is 19.6. The van der Waals surface area contributed by atoms with Gasteiger partial charge in [-0.1, -0.05) is 40.9 Å². The number of nitrogens with zero attached hydrogens (tertiary/aromatic N) is 2. The van der Waals surface area contributed by atoms with Crippen molar-refractivity contribution in [3.8, 4) is 11.4 Å². The van der Waals surface area contributed by atoms with Crippen molar-refractivity contribution < 1.29 is 9.53 Å². The van der Waals surface area contributed by atoms with Crippen molar-refractivity contribution in [2.24, 2.45) is 0 Å². The first-order valence-corrected chi connectivity index (χ1v) is 8.66. The highest BCUT2D eigenvalue weighted by molar-refractivity contribution is 6.35. The molecular formula is C19H15Cl2N3O3. The summed E-state index contributed by atoms with van der Waals surface area (Å²) < 4.78 is 6.29. The fourth-order valence-electron chi connectivity index (χ4n) is 2.40. The van der Waals surface area contributed by atoms with Crippen LogP contribution in [0.5, 0.6) is 5.75 Å². The standard InChI is InChI=1S/C19H15Cl2N3O3/c1-11-3-6-13(7-4-11)24-17(25)10-16(27-2)18(23-24)19(26)22-15-9-12(20)5-8-14(15)21/h3-10H,1-2H3,(H,22,26). The van der Waals surface area contributed by atoms with Crippen LogP contribution in [0.25, 0.3) is 5.69 Å². The van der Waals surface area contributed by atoms with E-state index in [1.807, 2.05) is 19.1 Å². The van der Waals surface area contributed by atoms with Crippen molar-refractivity contribution in [1.82, 2.24) is 9.78 Å². The molecule has 6 nitrogen and oxygen atoms in total. The normalized spacial score (nSPS) is 10.5. The quantitative estimate of drug-likeness (QED) is 0.711. The molecule has 0 atom stereocenters. The number of benzene rings is 2. The van der Waals surface area contributed by atoms with Crippen molar-refractivity contribution in [3.05, 3.63) is 80.2 Å². The molecule has 0 fully saturated rings. The Morgan fingerprint density at radius 2 is 1.81 bits per heavy atom. The summed E-state index contributed by atoms with van der Waals surface area (Å²) in [5.74, 6) is -0.532. The number of methoxy groups -OCH3 is 1. The topological polar surface area (TPSA) is 73.2 Å². The summed E-state index contributed by atoms with van der Waals surface area (Å²) >= 11 is 12.0. The van der Waals surface area contributed by atoms with Crippen LogP contribution in [0.3, 0.4) is 0 Å². The summed E-state index contributed by atoms with van der Waals surface area (Å²) in [6.07, 6.45) is 0. The summed E-state index contributed by atoms with van der Waals surface area (Å²) in [5, 5.41) is 7.55. The number of carbonyl (C=O) groups is 1. The third-order valence-corrected chi connectivity index (χ3v) is 4.35. The Morgan fingerprint density at radius 3 is 2.48 bits per heavy atom. The first kappa shape index (κ1) is 18.9.